The summed E-state index contributed by atoms with van der Waals surface area (Å²) < 4.78 is 40.0. The van der Waals surface area contributed by atoms with Gasteiger partial charge in [-0.25, -0.2) is 0 Å². The van der Waals surface area contributed by atoms with Crippen molar-refractivity contribution < 1.29 is 17.9 Å². The summed E-state index contributed by atoms with van der Waals surface area (Å²) in [4.78, 5) is 0. The van der Waals surface area contributed by atoms with E-state index in [4.69, 9.17) is 4.74 Å². The molecule has 2 aliphatic rings. The highest BCUT2D eigenvalue weighted by Crippen LogP contribution is 2.44. The molecule has 0 spiro atoms. The van der Waals surface area contributed by atoms with E-state index in [1.54, 1.807) is 13.8 Å². The standard InChI is InChI=1S/C26H25BF2N2O/c1-17-13-19(3)30-25(17)24(26-18(2)14-20(4)31(26)27(30,28)29)22-11-8-12-23(15-22)32-16-21-9-6-5-7-10-21/h5-15H,16H2,1-4H3. The molecular formula is C26H25BF2N2O. The third-order valence-corrected chi connectivity index (χ3v) is 6.31. The van der Waals surface area contributed by atoms with Crippen molar-refractivity contribution in [3.63, 3.8) is 0 Å². The topological polar surface area (TPSA) is 17.2 Å². The number of aryl methyl sites for hydroxylation is 2. The molecule has 0 N–H and O–H groups in total. The Morgan fingerprint density at radius 1 is 0.938 bits per heavy atom. The molecular weight excluding hydrogens is 405 g/mol. The van der Waals surface area contributed by atoms with Gasteiger partial charge in [0, 0.05) is 24.3 Å². The first-order valence-electron chi connectivity index (χ1n) is 10.8. The number of ether oxygens (including phenoxy) is 1. The molecule has 0 unspecified atom stereocenters. The maximum atomic E-state index is 15.8. The number of fused-ring (bicyclic) bond motifs is 2. The summed E-state index contributed by atoms with van der Waals surface area (Å²) >= 11 is 0. The van der Waals surface area contributed by atoms with Gasteiger partial charge in [-0.2, -0.15) is 0 Å². The molecule has 5 rings (SSSR count). The van der Waals surface area contributed by atoms with Crippen LogP contribution >= 0.6 is 0 Å². The van der Waals surface area contributed by atoms with Gasteiger partial charge in [0.05, 0.1) is 5.57 Å². The van der Waals surface area contributed by atoms with Crippen molar-refractivity contribution in [2.75, 3.05) is 0 Å². The van der Waals surface area contributed by atoms with Crippen LogP contribution in [0.25, 0.3) is 5.57 Å². The average Bonchev–Trinajstić information content (AvgIpc) is 3.24. The zero-order chi connectivity index (χ0) is 22.6. The molecule has 0 bridgehead atoms. The van der Waals surface area contributed by atoms with Crippen LogP contribution in [-0.2, 0) is 6.61 Å². The van der Waals surface area contributed by atoms with E-state index in [1.165, 1.54) is 8.96 Å². The Kier molecular flexibility index (Phi) is 4.70. The lowest BCUT2D eigenvalue weighted by molar-refractivity contribution is -0.363. The van der Waals surface area contributed by atoms with Gasteiger partial charge < -0.3 is 22.3 Å². The minimum Gasteiger partial charge on any atom is -0.489 e. The van der Waals surface area contributed by atoms with E-state index in [9.17, 15) is 0 Å². The highest BCUT2D eigenvalue weighted by molar-refractivity contribution is 6.58. The third-order valence-electron chi connectivity index (χ3n) is 6.31. The summed E-state index contributed by atoms with van der Waals surface area (Å²) in [6.07, 6.45) is 1.85. The molecule has 0 fully saturated rings. The van der Waals surface area contributed by atoms with Crippen LogP contribution in [0, 0.1) is 13.8 Å². The number of hydrogen-bond donors (Lipinski definition) is 0. The summed E-state index contributed by atoms with van der Waals surface area (Å²) in [5.41, 5.74) is 6.75. The van der Waals surface area contributed by atoms with Crippen molar-refractivity contribution in [1.82, 2.24) is 4.48 Å². The lowest BCUT2D eigenvalue weighted by Gasteiger charge is -2.34. The van der Waals surface area contributed by atoms with Crippen LogP contribution in [0.5, 0.6) is 5.75 Å². The van der Waals surface area contributed by atoms with E-state index in [1.807, 2.05) is 80.6 Å². The first-order chi connectivity index (χ1) is 15.3. The van der Waals surface area contributed by atoms with Gasteiger partial charge in [-0.15, -0.1) is 0 Å². The Bertz CT molecular complexity index is 1330. The van der Waals surface area contributed by atoms with Crippen molar-refractivity contribution in [2.24, 2.45) is 0 Å². The number of nitrogens with zero attached hydrogens (tertiary/aromatic N) is 2. The highest BCUT2D eigenvalue weighted by atomic mass is 19.2. The SMILES string of the molecule is CC1=CC(C)=[N+]2C1=C(c1cccc(OCc3ccccc3)c1)c1c(C)cc(C)n1[B-]2(F)F. The molecule has 32 heavy (non-hydrogen) atoms. The Hall–Kier alpha value is -3.41. The highest BCUT2D eigenvalue weighted by Gasteiger charge is 2.55. The molecule has 6 heteroatoms. The van der Waals surface area contributed by atoms with Crippen LogP contribution < -0.4 is 4.74 Å². The minimum absolute atomic E-state index is 0.448. The number of hydrogen-bond acceptors (Lipinski definition) is 1. The predicted octanol–water partition coefficient (Wildman–Crippen LogP) is 6.11. The lowest BCUT2D eigenvalue weighted by atomic mass is 9.84. The van der Waals surface area contributed by atoms with Gasteiger partial charge in [-0.3, -0.25) is 0 Å². The molecule has 3 aromatic rings. The molecule has 2 aromatic carbocycles. The van der Waals surface area contributed by atoms with E-state index in [-0.39, 0.29) is 0 Å². The quantitative estimate of drug-likeness (QED) is 0.457. The number of aromatic nitrogens is 1. The summed E-state index contributed by atoms with van der Waals surface area (Å²) in [6.45, 7) is 3.79. The molecule has 162 valence electrons. The van der Waals surface area contributed by atoms with Crippen LogP contribution in [0.3, 0.4) is 0 Å². The fraction of sp³-hybridized carbons (Fsp3) is 0.192. The zero-order valence-corrected chi connectivity index (χ0v) is 18.7. The van der Waals surface area contributed by atoms with Crippen molar-refractivity contribution in [2.45, 2.75) is 34.3 Å². The molecule has 0 saturated carbocycles. The van der Waals surface area contributed by atoms with E-state index < -0.39 is 6.97 Å². The van der Waals surface area contributed by atoms with Gasteiger partial charge >= 0.3 is 6.97 Å². The van der Waals surface area contributed by atoms with E-state index in [2.05, 4.69) is 0 Å². The number of allylic oxidation sites excluding steroid dienone is 2. The van der Waals surface area contributed by atoms with Gasteiger partial charge in [0.15, 0.2) is 5.70 Å². The van der Waals surface area contributed by atoms with Crippen molar-refractivity contribution in [1.29, 1.82) is 0 Å². The predicted molar refractivity (Wildman–Crippen MR) is 125 cm³/mol. The van der Waals surface area contributed by atoms with Crippen LogP contribution in [0.4, 0.5) is 8.63 Å². The molecule has 0 saturated heterocycles. The molecule has 0 atom stereocenters. The average molecular weight is 430 g/mol. The summed E-state index contributed by atoms with van der Waals surface area (Å²) in [5.74, 6) is 0.710. The molecule has 2 aliphatic heterocycles. The fourth-order valence-corrected chi connectivity index (χ4v) is 5.05. The lowest BCUT2D eigenvalue weighted by Crippen LogP contribution is -2.51. The Morgan fingerprint density at radius 3 is 2.44 bits per heavy atom. The number of halogens is 2. The Labute approximate surface area is 187 Å². The second-order valence-electron chi connectivity index (χ2n) is 8.64. The maximum absolute atomic E-state index is 15.8. The monoisotopic (exact) mass is 430 g/mol. The molecule has 1 aromatic heterocycles. The van der Waals surface area contributed by atoms with Gasteiger partial charge in [0.25, 0.3) is 0 Å². The normalized spacial score (nSPS) is 16.8. The van der Waals surface area contributed by atoms with Gasteiger partial charge in [-0.05, 0) is 61.4 Å². The van der Waals surface area contributed by atoms with E-state index >= 15 is 8.63 Å². The first-order valence-corrected chi connectivity index (χ1v) is 10.8. The van der Waals surface area contributed by atoms with Crippen LogP contribution in [0.15, 0.2) is 78.0 Å². The number of benzene rings is 2. The molecule has 0 radical (unpaired) electrons. The largest absolute Gasteiger partial charge is 0.737 e. The fourth-order valence-electron chi connectivity index (χ4n) is 5.05. The Morgan fingerprint density at radius 2 is 1.69 bits per heavy atom. The van der Waals surface area contributed by atoms with Gasteiger partial charge in [0.1, 0.15) is 18.1 Å². The minimum atomic E-state index is -3.97. The number of rotatable bonds is 4. The second kappa shape index (κ2) is 7.33. The maximum Gasteiger partial charge on any atom is 0.737 e. The van der Waals surface area contributed by atoms with Gasteiger partial charge in [-0.1, -0.05) is 42.5 Å². The van der Waals surface area contributed by atoms with Crippen molar-refractivity contribution in [3.05, 3.63) is 106 Å². The smallest absolute Gasteiger partial charge is 0.489 e. The second-order valence-corrected chi connectivity index (χ2v) is 8.64. The molecule has 0 aliphatic carbocycles. The van der Waals surface area contributed by atoms with Crippen molar-refractivity contribution in [3.8, 4) is 5.75 Å². The van der Waals surface area contributed by atoms with Crippen LogP contribution in [0.2, 0.25) is 0 Å². The molecule has 3 nitrogen and oxygen atoms in total. The zero-order valence-electron chi connectivity index (χ0n) is 18.7. The third kappa shape index (κ3) is 3.05. The van der Waals surface area contributed by atoms with Crippen LogP contribution in [-0.4, -0.2) is 21.6 Å². The van der Waals surface area contributed by atoms with Crippen molar-refractivity contribution >= 4 is 18.3 Å². The summed E-state index contributed by atoms with van der Waals surface area (Å²) in [7, 11) is 0. The molecule has 0 amide bonds. The Balaban J connectivity index is 1.67. The van der Waals surface area contributed by atoms with Crippen LogP contribution in [0.1, 0.15) is 41.9 Å². The summed E-state index contributed by atoms with van der Waals surface area (Å²) in [5, 5.41) is 0. The van der Waals surface area contributed by atoms with Gasteiger partial charge in [0.2, 0.25) is 0 Å². The van der Waals surface area contributed by atoms with E-state index in [0.717, 1.165) is 27.8 Å². The van der Waals surface area contributed by atoms with E-state index in [0.29, 0.717) is 35.2 Å². The summed E-state index contributed by atoms with van der Waals surface area (Å²) in [6, 6.07) is 19.6. The first kappa shape index (κ1) is 20.5. The molecule has 3 heterocycles.